The number of rotatable bonds is 5. The van der Waals surface area contributed by atoms with E-state index in [9.17, 15) is 9.90 Å². The summed E-state index contributed by atoms with van der Waals surface area (Å²) in [4.78, 5) is 21.1. The molecule has 34 heavy (non-hydrogen) atoms. The topological polar surface area (TPSA) is 70.8 Å². The summed E-state index contributed by atoms with van der Waals surface area (Å²) >= 11 is 0. The van der Waals surface area contributed by atoms with Crippen LogP contribution in [0, 0.1) is 0 Å². The molecule has 2 aromatic carbocycles. The Balaban J connectivity index is 1.53. The van der Waals surface area contributed by atoms with Crippen molar-refractivity contribution in [3.05, 3.63) is 59.4 Å². The number of carbonyl (C=O) groups is 1. The second-order valence-corrected chi connectivity index (χ2v) is 9.83. The normalized spacial score (nSPS) is 23.3. The van der Waals surface area contributed by atoms with Crippen LogP contribution in [0.15, 0.2) is 42.5 Å². The fourth-order valence-electron chi connectivity index (χ4n) is 5.64. The summed E-state index contributed by atoms with van der Waals surface area (Å²) in [6.45, 7) is 9.90. The van der Waals surface area contributed by atoms with Crippen molar-refractivity contribution in [3.8, 4) is 0 Å². The van der Waals surface area contributed by atoms with E-state index in [2.05, 4.69) is 53.6 Å². The third-order valence-corrected chi connectivity index (χ3v) is 7.14. The third kappa shape index (κ3) is 4.42. The van der Waals surface area contributed by atoms with Crippen molar-refractivity contribution in [1.29, 1.82) is 0 Å². The van der Waals surface area contributed by atoms with Crippen molar-refractivity contribution >= 4 is 22.8 Å². The molecule has 1 N–H and O–H groups in total. The van der Waals surface area contributed by atoms with Gasteiger partial charge in [-0.15, -0.1) is 0 Å². The summed E-state index contributed by atoms with van der Waals surface area (Å²) < 4.78 is 8.26. The van der Waals surface area contributed by atoms with Crippen LogP contribution in [0.3, 0.4) is 0 Å². The highest BCUT2D eigenvalue weighted by atomic mass is 16.5. The average Bonchev–Trinajstić information content (AvgIpc) is 3.14. The SMILES string of the molecule is C[C@@H]1CN(CCn2c(Cc3ccccc3)nc3c4c(ccc32)N(C(=O)O)[C@@H](C)CC4)C[C@@H](C)O1. The van der Waals surface area contributed by atoms with Gasteiger partial charge in [0.25, 0.3) is 0 Å². The Kier molecular flexibility index (Phi) is 6.32. The van der Waals surface area contributed by atoms with Gasteiger partial charge in [0.1, 0.15) is 5.82 Å². The van der Waals surface area contributed by atoms with Crippen molar-refractivity contribution in [3.63, 3.8) is 0 Å². The molecule has 2 aliphatic heterocycles. The van der Waals surface area contributed by atoms with E-state index in [1.54, 1.807) is 0 Å². The van der Waals surface area contributed by atoms with Crippen LogP contribution in [-0.4, -0.2) is 63.5 Å². The molecule has 3 heterocycles. The Morgan fingerprint density at radius 3 is 2.50 bits per heavy atom. The van der Waals surface area contributed by atoms with Crippen LogP contribution in [0.5, 0.6) is 0 Å². The minimum Gasteiger partial charge on any atom is -0.465 e. The van der Waals surface area contributed by atoms with Crippen LogP contribution in [0.1, 0.15) is 44.1 Å². The first-order valence-corrected chi connectivity index (χ1v) is 12.4. The Hall–Kier alpha value is -2.90. The number of benzene rings is 2. The molecule has 1 amide bonds. The molecule has 0 aliphatic carbocycles. The lowest BCUT2D eigenvalue weighted by atomic mass is 9.96. The average molecular weight is 463 g/mol. The summed E-state index contributed by atoms with van der Waals surface area (Å²) in [6.07, 6.45) is 1.98. The molecule has 7 nitrogen and oxygen atoms in total. The van der Waals surface area contributed by atoms with Crippen molar-refractivity contribution in [2.75, 3.05) is 24.5 Å². The Morgan fingerprint density at radius 1 is 1.06 bits per heavy atom. The molecule has 180 valence electrons. The van der Waals surface area contributed by atoms with Gasteiger partial charge in [-0.25, -0.2) is 9.78 Å². The Bertz CT molecular complexity index is 1170. The maximum Gasteiger partial charge on any atom is 0.412 e. The van der Waals surface area contributed by atoms with E-state index < -0.39 is 6.09 Å². The van der Waals surface area contributed by atoms with Gasteiger partial charge in [-0.1, -0.05) is 30.3 Å². The predicted octanol–water partition coefficient (Wildman–Crippen LogP) is 4.56. The van der Waals surface area contributed by atoms with Crippen molar-refractivity contribution in [2.24, 2.45) is 0 Å². The molecule has 7 heteroatoms. The molecular weight excluding hydrogens is 428 g/mol. The van der Waals surface area contributed by atoms with Gasteiger partial charge in [0.05, 0.1) is 28.9 Å². The zero-order valence-electron chi connectivity index (χ0n) is 20.3. The number of hydrogen-bond acceptors (Lipinski definition) is 4. The van der Waals surface area contributed by atoms with E-state index >= 15 is 0 Å². The number of carboxylic acid groups (broad SMARTS) is 1. The van der Waals surface area contributed by atoms with Crippen LogP contribution in [0.25, 0.3) is 11.0 Å². The smallest absolute Gasteiger partial charge is 0.412 e. The second kappa shape index (κ2) is 9.39. The van der Waals surface area contributed by atoms with Crippen LogP contribution in [0.4, 0.5) is 10.5 Å². The van der Waals surface area contributed by atoms with Crippen molar-refractivity contribution < 1.29 is 14.6 Å². The predicted molar refractivity (Wildman–Crippen MR) is 134 cm³/mol. The highest BCUT2D eigenvalue weighted by Crippen LogP contribution is 2.36. The molecule has 1 fully saturated rings. The van der Waals surface area contributed by atoms with Gasteiger partial charge in [-0.3, -0.25) is 9.80 Å². The molecule has 0 saturated carbocycles. The van der Waals surface area contributed by atoms with E-state index in [4.69, 9.17) is 9.72 Å². The molecule has 0 unspecified atom stereocenters. The van der Waals surface area contributed by atoms with Crippen LogP contribution in [0.2, 0.25) is 0 Å². The molecule has 1 aromatic heterocycles. The highest BCUT2D eigenvalue weighted by molar-refractivity contribution is 5.94. The van der Waals surface area contributed by atoms with Gasteiger partial charge in [0.15, 0.2) is 0 Å². The number of ether oxygens (including phenoxy) is 1. The maximum atomic E-state index is 12.0. The highest BCUT2D eigenvalue weighted by Gasteiger charge is 2.31. The van der Waals surface area contributed by atoms with Crippen molar-refractivity contribution in [2.45, 2.75) is 64.8 Å². The number of hydrogen-bond donors (Lipinski definition) is 1. The zero-order chi connectivity index (χ0) is 23.8. The lowest BCUT2D eigenvalue weighted by Crippen LogP contribution is -2.46. The van der Waals surface area contributed by atoms with Crippen molar-refractivity contribution in [1.82, 2.24) is 14.5 Å². The molecule has 3 aromatic rings. The largest absolute Gasteiger partial charge is 0.465 e. The lowest BCUT2D eigenvalue weighted by molar-refractivity contribution is -0.0685. The number of nitrogens with zero attached hydrogens (tertiary/aromatic N) is 4. The number of morpholine rings is 1. The summed E-state index contributed by atoms with van der Waals surface area (Å²) in [6, 6.07) is 14.4. The number of amides is 1. The first-order chi connectivity index (χ1) is 16.4. The van der Waals surface area contributed by atoms with E-state index in [0.717, 1.165) is 73.6 Å². The van der Waals surface area contributed by atoms with Gasteiger partial charge < -0.3 is 14.4 Å². The first kappa shape index (κ1) is 22.9. The molecule has 0 bridgehead atoms. The molecule has 3 atom stereocenters. The van der Waals surface area contributed by atoms with E-state index in [1.807, 2.05) is 19.1 Å². The lowest BCUT2D eigenvalue weighted by Gasteiger charge is -2.35. The number of imidazole rings is 1. The van der Waals surface area contributed by atoms with Crippen LogP contribution in [-0.2, 0) is 24.1 Å². The fraction of sp³-hybridized carbons (Fsp3) is 0.481. The van der Waals surface area contributed by atoms with Gasteiger partial charge in [0, 0.05) is 44.2 Å². The summed E-state index contributed by atoms with van der Waals surface area (Å²) in [5.74, 6) is 1.03. The number of anilines is 1. The zero-order valence-corrected chi connectivity index (χ0v) is 20.3. The molecule has 1 saturated heterocycles. The maximum absolute atomic E-state index is 12.0. The minimum atomic E-state index is -0.896. The Morgan fingerprint density at radius 2 is 1.79 bits per heavy atom. The molecule has 5 rings (SSSR count). The first-order valence-electron chi connectivity index (χ1n) is 12.4. The monoisotopic (exact) mass is 462 g/mol. The standard InChI is InChI=1S/C27H34N4O3/c1-18-9-10-22-23(31(18)27(32)33)11-12-24-26(22)28-25(15-21-7-5-4-6-8-21)30(24)14-13-29-16-19(2)34-20(3)17-29/h4-8,11-12,18-20H,9-10,13-17H2,1-3H3,(H,32,33)/t18-,19+,20+/m0/s1. The number of aryl methyl sites for hydroxylation is 1. The van der Waals surface area contributed by atoms with Gasteiger partial charge in [0.2, 0.25) is 0 Å². The summed E-state index contributed by atoms with van der Waals surface area (Å²) in [5.41, 5.74) is 5.11. The molecule has 2 aliphatic rings. The van der Waals surface area contributed by atoms with E-state index in [0.29, 0.717) is 0 Å². The number of fused-ring (bicyclic) bond motifs is 3. The van der Waals surface area contributed by atoms with E-state index in [1.165, 1.54) is 10.5 Å². The quantitative estimate of drug-likeness (QED) is 0.602. The molecular formula is C27H34N4O3. The third-order valence-electron chi connectivity index (χ3n) is 7.14. The fourth-order valence-corrected chi connectivity index (χ4v) is 5.64. The van der Waals surface area contributed by atoms with Gasteiger partial charge in [-0.05, 0) is 51.3 Å². The van der Waals surface area contributed by atoms with Crippen LogP contribution >= 0.6 is 0 Å². The Labute approximate surface area is 200 Å². The summed E-state index contributed by atoms with van der Waals surface area (Å²) in [7, 11) is 0. The molecule has 0 radical (unpaired) electrons. The summed E-state index contributed by atoms with van der Waals surface area (Å²) in [5, 5.41) is 9.84. The van der Waals surface area contributed by atoms with Crippen LogP contribution < -0.4 is 4.90 Å². The van der Waals surface area contributed by atoms with E-state index in [-0.39, 0.29) is 18.2 Å². The second-order valence-electron chi connectivity index (χ2n) is 9.83. The molecule has 0 spiro atoms. The van der Waals surface area contributed by atoms with Gasteiger partial charge in [-0.2, -0.15) is 0 Å². The van der Waals surface area contributed by atoms with Gasteiger partial charge >= 0.3 is 6.09 Å². The minimum absolute atomic E-state index is 0.0291. The number of aromatic nitrogens is 2.